The summed E-state index contributed by atoms with van der Waals surface area (Å²) in [5.74, 6) is 0. The Hall–Kier alpha value is -14.7. The molecule has 514 valence electrons. The Morgan fingerprint density at radius 2 is 0.505 bits per heavy atom. The van der Waals surface area contributed by atoms with E-state index in [1.807, 2.05) is 12.4 Å². The molecule has 18 aromatic carbocycles. The van der Waals surface area contributed by atoms with Gasteiger partial charge in [-0.15, -0.1) is 0 Å². The minimum Gasteiger partial charge on any atom is -0.309 e. The lowest BCUT2D eigenvalue weighted by Gasteiger charge is -2.30. The summed E-state index contributed by atoms with van der Waals surface area (Å²) in [5.41, 5.74) is 32.0. The zero-order valence-corrected chi connectivity index (χ0v) is 60.1. The summed E-state index contributed by atoms with van der Waals surface area (Å²) in [4.78, 5) is 20.7. The van der Waals surface area contributed by atoms with Gasteiger partial charge in [-0.1, -0.05) is 309 Å². The molecule has 0 bridgehead atoms. The molecule has 22 aromatic rings. The van der Waals surface area contributed by atoms with E-state index in [0.29, 0.717) is 0 Å². The van der Waals surface area contributed by atoms with E-state index in [4.69, 9.17) is 19.9 Å². The quantitative estimate of drug-likeness (QED) is 0.149. The lowest BCUT2D eigenvalue weighted by Crippen LogP contribution is -2.25. The number of aromatic nitrogens is 6. The first kappa shape index (κ1) is 62.5. The Kier molecular flexibility index (Phi) is 13.9. The van der Waals surface area contributed by atoms with Gasteiger partial charge in [0.1, 0.15) is 0 Å². The third kappa shape index (κ3) is 9.51. The molecule has 0 saturated heterocycles. The smallest absolute Gasteiger partial charge is 0.0979 e. The number of fused-ring (bicyclic) bond motifs is 28. The second-order valence-electron chi connectivity index (χ2n) is 29.4. The fourth-order valence-corrected chi connectivity index (χ4v) is 18.8. The highest BCUT2D eigenvalue weighted by Crippen LogP contribution is 2.63. The van der Waals surface area contributed by atoms with Crippen molar-refractivity contribution in [2.45, 2.75) is 5.41 Å². The average Bonchev–Trinajstić information content (AvgIpc) is 1.51. The fourth-order valence-electron chi connectivity index (χ4n) is 18.8. The van der Waals surface area contributed by atoms with Crippen molar-refractivity contribution in [1.29, 1.82) is 0 Å². The first-order valence-electron chi connectivity index (χ1n) is 38.1. The normalized spacial score (nSPS) is 12.6. The standard InChI is InChI=1S/C59H35N3.C46H29N3/c1-3-22-47-40(16-1)41-17-2-4-23-48(41)58-57(47)60-35-54(61-58)38-14-13-15-39(32-38)62-55-27-12-8-21-46(55)49-33-36(29-31-56(49)62)37-28-30-45-44-20-7-11-26-52(44)59(53(45)34-37)50-24-9-5-18-42(50)43-19-6-10-25-51(43)59;1-2-11-30(12-3-1)31-21-23-32(24-22-31)33-25-26-44-41(28-33)38-17-8-9-20-43(38)49(44)35-14-10-13-34(27-35)42-29-47-45-39-18-6-4-15-36(39)37-16-5-7-19-40(37)46(45)48-42/h1-35H;1-29H. The minimum atomic E-state index is -0.378. The van der Waals surface area contributed by atoms with E-state index in [0.717, 1.165) is 83.0 Å². The maximum atomic E-state index is 5.33. The molecule has 0 amide bonds. The van der Waals surface area contributed by atoms with Crippen LogP contribution in [0.4, 0.5) is 0 Å². The summed E-state index contributed by atoms with van der Waals surface area (Å²) in [5, 5.41) is 14.2. The number of para-hydroxylation sites is 2. The van der Waals surface area contributed by atoms with Crippen LogP contribution in [0.3, 0.4) is 0 Å². The topological polar surface area (TPSA) is 61.4 Å². The zero-order valence-electron chi connectivity index (χ0n) is 60.1. The molecule has 2 aliphatic rings. The number of benzene rings is 18. The number of hydrogen-bond donors (Lipinski definition) is 0. The van der Waals surface area contributed by atoms with Crippen molar-refractivity contribution in [3.8, 4) is 89.5 Å². The average molecular weight is 1410 g/mol. The second kappa shape index (κ2) is 24.7. The summed E-state index contributed by atoms with van der Waals surface area (Å²) in [6.07, 6.45) is 3.85. The van der Waals surface area contributed by atoms with Crippen molar-refractivity contribution < 1.29 is 0 Å². The SMILES string of the molecule is c1cc(-c2cnc3c4ccccc4c4ccccc4c3n2)cc(-n2c3ccccc3c3cc(-c4ccc5c(c4)C4(c6ccccc6-c6ccccc64)c4ccccc4-5)ccc32)c1.c1ccc(-c2ccc(-c3ccc4c(c3)c3ccccc3n4-c3cccc(-c4cnc5c6ccccc6c6ccccc6c5n4)c3)cc2)cc1. The van der Waals surface area contributed by atoms with Crippen molar-refractivity contribution in [3.63, 3.8) is 0 Å². The van der Waals surface area contributed by atoms with Gasteiger partial charge in [-0.3, -0.25) is 9.97 Å². The Morgan fingerprint density at radius 3 is 0.964 bits per heavy atom. The maximum absolute atomic E-state index is 5.33. The van der Waals surface area contributed by atoms with Gasteiger partial charge in [-0.2, -0.15) is 0 Å². The van der Waals surface area contributed by atoms with Gasteiger partial charge in [-0.25, -0.2) is 9.97 Å². The first-order chi connectivity index (χ1) is 55.1. The van der Waals surface area contributed by atoms with Crippen molar-refractivity contribution in [2.24, 2.45) is 0 Å². The van der Waals surface area contributed by atoms with E-state index in [9.17, 15) is 0 Å². The van der Waals surface area contributed by atoms with E-state index in [1.54, 1.807) is 0 Å². The molecule has 4 heterocycles. The van der Waals surface area contributed by atoms with Crippen LogP contribution in [-0.4, -0.2) is 29.1 Å². The largest absolute Gasteiger partial charge is 0.309 e. The lowest BCUT2D eigenvalue weighted by atomic mass is 9.70. The van der Waals surface area contributed by atoms with E-state index in [-0.39, 0.29) is 5.41 Å². The summed E-state index contributed by atoms with van der Waals surface area (Å²) in [6.45, 7) is 0. The number of hydrogen-bond acceptors (Lipinski definition) is 4. The van der Waals surface area contributed by atoms with Gasteiger partial charge in [0.15, 0.2) is 0 Å². The van der Waals surface area contributed by atoms with Crippen LogP contribution in [0.25, 0.3) is 198 Å². The third-order valence-corrected chi connectivity index (χ3v) is 23.7. The van der Waals surface area contributed by atoms with Crippen LogP contribution in [0.15, 0.2) is 389 Å². The van der Waals surface area contributed by atoms with Gasteiger partial charge in [0.05, 0.1) is 73.3 Å². The molecule has 6 heteroatoms. The predicted molar refractivity (Wildman–Crippen MR) is 461 cm³/mol. The summed E-state index contributed by atoms with van der Waals surface area (Å²) >= 11 is 0. The van der Waals surface area contributed by atoms with E-state index in [1.165, 1.54) is 138 Å². The summed E-state index contributed by atoms with van der Waals surface area (Å²) in [6, 6.07) is 136. The molecule has 2 aliphatic carbocycles. The molecule has 0 aliphatic heterocycles. The van der Waals surface area contributed by atoms with Crippen LogP contribution in [-0.2, 0) is 5.41 Å². The van der Waals surface area contributed by atoms with Gasteiger partial charge < -0.3 is 9.13 Å². The Labute approximate surface area is 639 Å². The van der Waals surface area contributed by atoms with E-state index >= 15 is 0 Å². The molecule has 0 radical (unpaired) electrons. The van der Waals surface area contributed by atoms with Crippen LogP contribution in [0.1, 0.15) is 22.3 Å². The van der Waals surface area contributed by atoms with Gasteiger partial charge in [0, 0.05) is 65.6 Å². The van der Waals surface area contributed by atoms with Crippen molar-refractivity contribution in [1.82, 2.24) is 29.1 Å². The molecule has 4 aromatic heterocycles. The second-order valence-corrected chi connectivity index (χ2v) is 29.4. The number of rotatable bonds is 7. The minimum absolute atomic E-state index is 0.378. The summed E-state index contributed by atoms with van der Waals surface area (Å²) < 4.78 is 4.77. The van der Waals surface area contributed by atoms with Gasteiger partial charge in [-0.05, 0) is 166 Å². The summed E-state index contributed by atoms with van der Waals surface area (Å²) in [7, 11) is 0. The zero-order chi connectivity index (χ0) is 72.8. The molecule has 0 unspecified atom stereocenters. The Morgan fingerprint density at radius 1 is 0.189 bits per heavy atom. The van der Waals surface area contributed by atoms with Crippen molar-refractivity contribution in [3.05, 3.63) is 411 Å². The van der Waals surface area contributed by atoms with Crippen LogP contribution in [0.2, 0.25) is 0 Å². The Bertz CT molecular complexity index is 7520. The van der Waals surface area contributed by atoms with Crippen LogP contribution >= 0.6 is 0 Å². The monoisotopic (exact) mass is 1410 g/mol. The molecular weight excluding hydrogens is 1350 g/mol. The van der Waals surface area contributed by atoms with Gasteiger partial charge >= 0.3 is 0 Å². The van der Waals surface area contributed by atoms with Crippen molar-refractivity contribution in [2.75, 3.05) is 0 Å². The lowest BCUT2D eigenvalue weighted by molar-refractivity contribution is 0.794. The fraction of sp³-hybridized carbons (Fsp3) is 0.00952. The number of nitrogens with zero attached hydrogens (tertiary/aromatic N) is 6. The highest BCUT2D eigenvalue weighted by molar-refractivity contribution is 6.25. The van der Waals surface area contributed by atoms with Gasteiger partial charge in [0.2, 0.25) is 0 Å². The molecular formula is C105H64N6. The van der Waals surface area contributed by atoms with Crippen LogP contribution in [0, 0.1) is 0 Å². The molecule has 6 nitrogen and oxygen atoms in total. The highest BCUT2D eigenvalue weighted by atomic mass is 15.0. The predicted octanol–water partition coefficient (Wildman–Crippen LogP) is 26.7. The third-order valence-electron chi connectivity index (χ3n) is 23.7. The molecule has 0 N–H and O–H groups in total. The molecule has 111 heavy (non-hydrogen) atoms. The maximum Gasteiger partial charge on any atom is 0.0979 e. The molecule has 0 atom stereocenters. The van der Waals surface area contributed by atoms with Crippen LogP contribution in [0.5, 0.6) is 0 Å². The van der Waals surface area contributed by atoms with Gasteiger partial charge in [0.25, 0.3) is 0 Å². The Balaban J connectivity index is 0.000000137. The first-order valence-corrected chi connectivity index (χ1v) is 38.1. The van der Waals surface area contributed by atoms with E-state index < -0.39 is 0 Å². The highest BCUT2D eigenvalue weighted by Gasteiger charge is 2.51. The van der Waals surface area contributed by atoms with Crippen LogP contribution < -0.4 is 0 Å². The van der Waals surface area contributed by atoms with Crippen molar-refractivity contribution >= 4 is 109 Å². The molecule has 24 rings (SSSR count). The van der Waals surface area contributed by atoms with E-state index in [2.05, 4.69) is 385 Å². The molecule has 1 spiro atoms. The molecule has 0 saturated carbocycles. The molecule has 0 fully saturated rings.